The van der Waals surface area contributed by atoms with Crippen molar-refractivity contribution in [3.05, 3.63) is 71.8 Å². The fraction of sp³-hybridized carbons (Fsp3) is 0.381. The fourth-order valence-electron chi connectivity index (χ4n) is 3.21. The zero-order valence-corrected chi connectivity index (χ0v) is 15.2. The number of nitrogens with zero attached hydrogens (tertiary/aromatic N) is 1. The highest BCUT2D eigenvalue weighted by atomic mass is 16.6. The summed E-state index contributed by atoms with van der Waals surface area (Å²) in [4.78, 5) is 14.0. The van der Waals surface area contributed by atoms with Crippen LogP contribution in [-0.2, 0) is 4.74 Å². The van der Waals surface area contributed by atoms with E-state index in [0.29, 0.717) is 6.61 Å². The van der Waals surface area contributed by atoms with Crippen LogP contribution in [0, 0.1) is 0 Å². The molecule has 0 radical (unpaired) electrons. The number of rotatable bonds is 8. The molecule has 1 heterocycles. The van der Waals surface area contributed by atoms with Crippen LogP contribution in [0.3, 0.4) is 0 Å². The van der Waals surface area contributed by atoms with Crippen molar-refractivity contribution in [3.8, 4) is 0 Å². The minimum atomic E-state index is -0.403. The van der Waals surface area contributed by atoms with Gasteiger partial charge in [0.15, 0.2) is 0 Å². The van der Waals surface area contributed by atoms with Crippen LogP contribution >= 0.6 is 0 Å². The van der Waals surface area contributed by atoms with Gasteiger partial charge in [0.1, 0.15) is 0 Å². The maximum Gasteiger partial charge on any atom is 0.421 e. The van der Waals surface area contributed by atoms with E-state index in [9.17, 15) is 4.79 Å². The quantitative estimate of drug-likeness (QED) is 0.563. The zero-order valence-electron chi connectivity index (χ0n) is 15.2. The Morgan fingerprint density at radius 2 is 1.65 bits per heavy atom. The van der Waals surface area contributed by atoms with Gasteiger partial charge in [0.25, 0.3) is 0 Å². The van der Waals surface area contributed by atoms with Crippen molar-refractivity contribution in [3.63, 3.8) is 0 Å². The Kier molecular flexibility index (Phi) is 6.63. The predicted octanol–water partition coefficient (Wildman–Crippen LogP) is 3.49. The molecule has 0 saturated carbocycles. The molecule has 2 aromatic rings. The number of amides is 1. The molecule has 5 heteroatoms. The molecule has 1 fully saturated rings. The van der Waals surface area contributed by atoms with Crippen LogP contribution in [0.25, 0.3) is 0 Å². The molecule has 138 valence electrons. The number of hydrogen-bond acceptors (Lipinski definition) is 4. The summed E-state index contributed by atoms with van der Waals surface area (Å²) in [6.45, 7) is 4.26. The number of ether oxygens (including phenoxy) is 1. The van der Waals surface area contributed by atoms with Crippen LogP contribution < -0.4 is 10.9 Å². The number of carbonyl (C=O) groups is 1. The number of hydrazine groups is 1. The van der Waals surface area contributed by atoms with Crippen molar-refractivity contribution < 1.29 is 9.53 Å². The van der Waals surface area contributed by atoms with E-state index in [-0.39, 0.29) is 12.1 Å². The Labute approximate surface area is 155 Å². The Bertz CT molecular complexity index is 633. The highest BCUT2D eigenvalue weighted by molar-refractivity contribution is 5.66. The Morgan fingerprint density at radius 3 is 2.19 bits per heavy atom. The molecule has 26 heavy (non-hydrogen) atoms. The van der Waals surface area contributed by atoms with Crippen molar-refractivity contribution in [1.29, 1.82) is 0 Å². The normalized spacial score (nSPS) is 14.8. The molecule has 0 bridgehead atoms. The zero-order chi connectivity index (χ0) is 18.2. The summed E-state index contributed by atoms with van der Waals surface area (Å²) in [5.41, 5.74) is 8.28. The molecule has 1 aliphatic rings. The van der Waals surface area contributed by atoms with Crippen LogP contribution in [0.1, 0.15) is 36.9 Å². The van der Waals surface area contributed by atoms with Gasteiger partial charge in [-0.3, -0.25) is 10.3 Å². The smallest absolute Gasteiger partial charge is 0.421 e. The number of unbranched alkanes of at least 4 members (excludes halogenated alkanes) is 1. The standard InChI is InChI=1S/C21H27N3O2/c1-2-3-14-26-21(25)23-22-19-15-24(16-19)20(17-10-6-4-7-11-17)18-12-8-5-9-13-18/h4-13,19-20,22H,2-3,14-16H2,1H3,(H,23,25). The summed E-state index contributed by atoms with van der Waals surface area (Å²) in [5, 5.41) is 0. The largest absolute Gasteiger partial charge is 0.449 e. The summed E-state index contributed by atoms with van der Waals surface area (Å²) in [5.74, 6) is 0. The fourth-order valence-corrected chi connectivity index (χ4v) is 3.21. The molecule has 3 rings (SSSR count). The van der Waals surface area contributed by atoms with Crippen LogP contribution in [0.15, 0.2) is 60.7 Å². The highest BCUT2D eigenvalue weighted by Crippen LogP contribution is 2.31. The molecule has 0 unspecified atom stereocenters. The van der Waals surface area contributed by atoms with Crippen molar-refractivity contribution in [1.82, 2.24) is 15.8 Å². The average Bonchev–Trinajstić information content (AvgIpc) is 2.65. The second kappa shape index (κ2) is 9.36. The van der Waals surface area contributed by atoms with Crippen molar-refractivity contribution in [2.24, 2.45) is 0 Å². The van der Waals surface area contributed by atoms with E-state index in [1.165, 1.54) is 11.1 Å². The van der Waals surface area contributed by atoms with Gasteiger partial charge in [0.2, 0.25) is 0 Å². The first-order valence-electron chi connectivity index (χ1n) is 9.30. The third-order valence-corrected chi connectivity index (χ3v) is 4.61. The Morgan fingerprint density at radius 1 is 1.08 bits per heavy atom. The molecule has 1 amide bonds. The maximum absolute atomic E-state index is 11.6. The third kappa shape index (κ3) is 4.84. The first-order valence-corrected chi connectivity index (χ1v) is 9.30. The molecular weight excluding hydrogens is 326 g/mol. The van der Waals surface area contributed by atoms with Gasteiger partial charge in [-0.05, 0) is 17.5 Å². The summed E-state index contributed by atoms with van der Waals surface area (Å²) in [6, 6.07) is 21.5. The lowest BCUT2D eigenvalue weighted by Gasteiger charge is -2.44. The minimum Gasteiger partial charge on any atom is -0.449 e. The molecule has 0 atom stereocenters. The molecule has 5 nitrogen and oxygen atoms in total. The molecule has 0 aliphatic carbocycles. The van der Waals surface area contributed by atoms with Gasteiger partial charge in [0, 0.05) is 13.1 Å². The molecule has 2 N–H and O–H groups in total. The van der Waals surface area contributed by atoms with E-state index in [2.05, 4.69) is 71.2 Å². The molecule has 1 aliphatic heterocycles. The van der Waals surface area contributed by atoms with Crippen molar-refractivity contribution >= 4 is 6.09 Å². The lowest BCUT2D eigenvalue weighted by Crippen LogP contribution is -2.62. The molecule has 0 aromatic heterocycles. The van der Waals surface area contributed by atoms with Gasteiger partial charge in [0.05, 0.1) is 18.7 Å². The third-order valence-electron chi connectivity index (χ3n) is 4.61. The van der Waals surface area contributed by atoms with E-state index >= 15 is 0 Å². The second-order valence-electron chi connectivity index (χ2n) is 6.63. The van der Waals surface area contributed by atoms with E-state index in [0.717, 1.165) is 25.9 Å². The van der Waals surface area contributed by atoms with Gasteiger partial charge in [-0.2, -0.15) is 0 Å². The summed E-state index contributed by atoms with van der Waals surface area (Å²) in [7, 11) is 0. The number of likely N-dealkylation sites (tertiary alicyclic amines) is 1. The lowest BCUT2D eigenvalue weighted by atomic mass is 9.93. The van der Waals surface area contributed by atoms with Gasteiger partial charge < -0.3 is 4.74 Å². The van der Waals surface area contributed by atoms with Crippen molar-refractivity contribution in [2.45, 2.75) is 31.8 Å². The molecule has 2 aromatic carbocycles. The SMILES string of the molecule is CCCCOC(=O)NNC1CN(C(c2ccccc2)c2ccccc2)C1. The van der Waals surface area contributed by atoms with Gasteiger partial charge in [-0.25, -0.2) is 10.2 Å². The number of hydrogen-bond donors (Lipinski definition) is 2. The summed E-state index contributed by atoms with van der Waals surface area (Å²) < 4.78 is 5.09. The van der Waals surface area contributed by atoms with E-state index in [1.807, 2.05) is 12.1 Å². The number of nitrogens with one attached hydrogen (secondary N) is 2. The number of benzene rings is 2. The Hall–Kier alpha value is -2.37. The summed E-state index contributed by atoms with van der Waals surface area (Å²) >= 11 is 0. The van der Waals surface area contributed by atoms with E-state index < -0.39 is 6.09 Å². The second-order valence-corrected chi connectivity index (χ2v) is 6.63. The van der Waals surface area contributed by atoms with Gasteiger partial charge in [-0.15, -0.1) is 0 Å². The topological polar surface area (TPSA) is 53.6 Å². The predicted molar refractivity (Wildman–Crippen MR) is 103 cm³/mol. The van der Waals surface area contributed by atoms with Gasteiger partial charge in [-0.1, -0.05) is 74.0 Å². The van der Waals surface area contributed by atoms with E-state index in [4.69, 9.17) is 4.74 Å². The summed E-state index contributed by atoms with van der Waals surface area (Å²) in [6.07, 6.45) is 1.50. The van der Waals surface area contributed by atoms with Crippen molar-refractivity contribution in [2.75, 3.05) is 19.7 Å². The van der Waals surface area contributed by atoms with Crippen LogP contribution in [-0.4, -0.2) is 36.7 Å². The molecular formula is C21H27N3O2. The highest BCUT2D eigenvalue weighted by Gasteiger charge is 2.34. The first kappa shape index (κ1) is 18.4. The average molecular weight is 353 g/mol. The maximum atomic E-state index is 11.6. The van der Waals surface area contributed by atoms with Crippen LogP contribution in [0.4, 0.5) is 4.79 Å². The minimum absolute atomic E-state index is 0.226. The van der Waals surface area contributed by atoms with Gasteiger partial charge >= 0.3 is 6.09 Å². The molecule has 1 saturated heterocycles. The van der Waals surface area contributed by atoms with Crippen LogP contribution in [0.2, 0.25) is 0 Å². The van der Waals surface area contributed by atoms with Crippen LogP contribution in [0.5, 0.6) is 0 Å². The molecule has 0 spiro atoms. The first-order chi connectivity index (χ1) is 12.8. The van der Waals surface area contributed by atoms with E-state index in [1.54, 1.807) is 0 Å². The Balaban J connectivity index is 1.54. The lowest BCUT2D eigenvalue weighted by molar-refractivity contribution is 0.0784. The monoisotopic (exact) mass is 353 g/mol. The number of carbonyl (C=O) groups excluding carboxylic acids is 1.